The third kappa shape index (κ3) is 5.62. The van der Waals surface area contributed by atoms with Gasteiger partial charge in [-0.3, -0.25) is 9.21 Å². The highest BCUT2D eigenvalue weighted by atomic mass is 35.5. The summed E-state index contributed by atoms with van der Waals surface area (Å²) >= 11 is 5.91. The third-order valence-corrected chi connectivity index (χ3v) is 5.11. The van der Waals surface area contributed by atoms with Gasteiger partial charge in [0.15, 0.2) is 0 Å². The topological polar surface area (TPSA) is 97.5 Å². The van der Waals surface area contributed by atoms with Crippen molar-refractivity contribution in [3.8, 4) is 0 Å². The van der Waals surface area contributed by atoms with Gasteiger partial charge in [-0.05, 0) is 36.0 Å². The second-order valence-electron chi connectivity index (χ2n) is 7.05. The summed E-state index contributed by atoms with van der Waals surface area (Å²) in [6.07, 6.45) is 3.85. The lowest BCUT2D eigenvalue weighted by molar-refractivity contribution is -0.0732. The molecule has 0 aliphatic rings. The van der Waals surface area contributed by atoms with E-state index in [9.17, 15) is 14.4 Å². The van der Waals surface area contributed by atoms with Crippen LogP contribution in [-0.2, 0) is 22.1 Å². The van der Waals surface area contributed by atoms with Gasteiger partial charge in [0.2, 0.25) is 0 Å². The fourth-order valence-electron chi connectivity index (χ4n) is 2.70. The number of halogens is 1. The normalized spacial score (nSPS) is 15.1. The molecule has 1 aromatic heterocycles. The van der Waals surface area contributed by atoms with Crippen molar-refractivity contribution in [2.75, 3.05) is 0 Å². The average Bonchev–Trinajstić information content (AvgIpc) is 2.96. The van der Waals surface area contributed by atoms with Crippen molar-refractivity contribution in [1.29, 1.82) is 0 Å². The highest BCUT2D eigenvalue weighted by molar-refractivity contribution is 7.46. The van der Waals surface area contributed by atoms with Gasteiger partial charge in [-0.2, -0.15) is 5.10 Å². The highest BCUT2D eigenvalue weighted by Gasteiger charge is 2.47. The molecule has 138 valence electrons. The molecule has 0 fully saturated rings. The van der Waals surface area contributed by atoms with Gasteiger partial charge in [0, 0.05) is 5.02 Å². The van der Waals surface area contributed by atoms with E-state index in [0.29, 0.717) is 17.9 Å². The molecule has 0 aliphatic heterocycles. The van der Waals surface area contributed by atoms with Gasteiger partial charge in [-0.1, -0.05) is 44.5 Å². The van der Waals surface area contributed by atoms with Gasteiger partial charge >= 0.3 is 7.82 Å². The first-order chi connectivity index (χ1) is 11.5. The summed E-state index contributed by atoms with van der Waals surface area (Å²) < 4.78 is 18.6. The first-order valence-corrected chi connectivity index (χ1v) is 9.75. The Labute approximate surface area is 152 Å². The summed E-state index contributed by atoms with van der Waals surface area (Å²) in [6.45, 7) is 5.85. The maximum Gasteiger partial charge on any atom is 0.470 e. The van der Waals surface area contributed by atoms with E-state index in [-0.39, 0.29) is 6.54 Å². The molecule has 0 bridgehead atoms. The Hall–Kier alpha value is -1.24. The van der Waals surface area contributed by atoms with Gasteiger partial charge in [0.1, 0.15) is 18.3 Å². The molecule has 0 radical (unpaired) electrons. The Morgan fingerprint density at radius 2 is 1.88 bits per heavy atom. The standard InChI is InChI=1S/C16H23ClN3O4P/c1-15(2,3)16(24-25(21,22)23,10-20-12-18-11-19-20)9-8-13-4-6-14(17)7-5-13/h4-7,11-12H,8-10H2,1-3H3,(H2,21,22,23). The van der Waals surface area contributed by atoms with Crippen LogP contribution in [0.2, 0.25) is 5.02 Å². The Morgan fingerprint density at radius 3 is 2.36 bits per heavy atom. The number of benzene rings is 1. The van der Waals surface area contributed by atoms with Crippen molar-refractivity contribution in [2.45, 2.75) is 45.8 Å². The minimum Gasteiger partial charge on any atom is -0.303 e. The molecule has 25 heavy (non-hydrogen) atoms. The highest BCUT2D eigenvalue weighted by Crippen LogP contribution is 2.50. The van der Waals surface area contributed by atoms with E-state index in [1.165, 1.54) is 17.3 Å². The van der Waals surface area contributed by atoms with Gasteiger partial charge in [-0.25, -0.2) is 9.55 Å². The Morgan fingerprint density at radius 1 is 1.24 bits per heavy atom. The van der Waals surface area contributed by atoms with E-state index in [4.69, 9.17) is 16.1 Å². The summed E-state index contributed by atoms with van der Waals surface area (Å²) in [7, 11) is -4.71. The van der Waals surface area contributed by atoms with E-state index in [2.05, 4.69) is 10.1 Å². The van der Waals surface area contributed by atoms with Crippen LogP contribution in [0, 0.1) is 5.41 Å². The Balaban J connectivity index is 2.33. The smallest absolute Gasteiger partial charge is 0.303 e. The monoisotopic (exact) mass is 387 g/mol. The van der Waals surface area contributed by atoms with E-state index < -0.39 is 18.8 Å². The van der Waals surface area contributed by atoms with Gasteiger partial charge in [-0.15, -0.1) is 0 Å². The number of nitrogens with zero attached hydrogens (tertiary/aromatic N) is 3. The lowest BCUT2D eigenvalue weighted by Crippen LogP contribution is -2.49. The van der Waals surface area contributed by atoms with Gasteiger partial charge in [0.05, 0.1) is 6.54 Å². The summed E-state index contributed by atoms with van der Waals surface area (Å²) in [5, 5.41) is 4.71. The first-order valence-electron chi connectivity index (χ1n) is 7.84. The predicted octanol–water partition coefficient (Wildman–Crippen LogP) is 3.46. The minimum atomic E-state index is -4.71. The molecule has 1 aromatic carbocycles. The first kappa shape index (κ1) is 20.1. The minimum absolute atomic E-state index is 0.176. The molecule has 0 amide bonds. The van der Waals surface area contributed by atoms with Crippen LogP contribution in [0.1, 0.15) is 32.8 Å². The fraction of sp³-hybridized carbons (Fsp3) is 0.500. The molecule has 7 nitrogen and oxygen atoms in total. The number of rotatable bonds is 7. The van der Waals surface area contributed by atoms with E-state index in [0.717, 1.165) is 5.56 Å². The summed E-state index contributed by atoms with van der Waals surface area (Å²) in [6, 6.07) is 7.36. The molecule has 0 saturated heterocycles. The van der Waals surface area contributed by atoms with Crippen LogP contribution < -0.4 is 0 Å². The second-order valence-corrected chi connectivity index (χ2v) is 8.65. The van der Waals surface area contributed by atoms with Crippen LogP contribution >= 0.6 is 19.4 Å². The number of aromatic nitrogens is 3. The maximum absolute atomic E-state index is 11.7. The van der Waals surface area contributed by atoms with Crippen molar-refractivity contribution in [2.24, 2.45) is 5.41 Å². The van der Waals surface area contributed by atoms with Crippen molar-refractivity contribution < 1.29 is 18.9 Å². The zero-order valence-electron chi connectivity index (χ0n) is 14.5. The fourth-order valence-corrected chi connectivity index (χ4v) is 3.71. The predicted molar refractivity (Wildman–Crippen MR) is 95.1 cm³/mol. The van der Waals surface area contributed by atoms with E-state index in [1.807, 2.05) is 32.9 Å². The second kappa shape index (κ2) is 7.56. The Kier molecular flexibility index (Phi) is 6.07. The molecule has 0 saturated carbocycles. The average molecular weight is 388 g/mol. The van der Waals surface area contributed by atoms with Crippen molar-refractivity contribution >= 4 is 19.4 Å². The number of hydrogen-bond donors (Lipinski definition) is 2. The third-order valence-electron chi connectivity index (χ3n) is 4.28. The van der Waals surface area contributed by atoms with Crippen LogP contribution in [0.25, 0.3) is 0 Å². The molecule has 1 unspecified atom stereocenters. The van der Waals surface area contributed by atoms with Crippen LogP contribution in [0.15, 0.2) is 36.9 Å². The number of hydrogen-bond acceptors (Lipinski definition) is 4. The lowest BCUT2D eigenvalue weighted by Gasteiger charge is -2.44. The number of phosphoric acid groups is 1. The molecular formula is C16H23ClN3O4P. The molecular weight excluding hydrogens is 365 g/mol. The molecule has 2 N–H and O–H groups in total. The summed E-state index contributed by atoms with van der Waals surface area (Å²) in [5.41, 5.74) is -0.697. The van der Waals surface area contributed by atoms with Crippen LogP contribution in [0.5, 0.6) is 0 Å². The van der Waals surface area contributed by atoms with Crippen molar-refractivity contribution in [3.05, 3.63) is 47.5 Å². The SMILES string of the molecule is CC(C)(C)C(CCc1ccc(Cl)cc1)(Cn1cncn1)OP(=O)(O)O. The number of phosphoric ester groups is 1. The molecule has 2 rings (SSSR count). The molecule has 2 aromatic rings. The van der Waals surface area contributed by atoms with Crippen molar-refractivity contribution in [3.63, 3.8) is 0 Å². The molecule has 0 aliphatic carbocycles. The summed E-state index contributed by atoms with van der Waals surface area (Å²) in [5.74, 6) is 0. The van der Waals surface area contributed by atoms with Gasteiger partial charge in [0.25, 0.3) is 0 Å². The van der Waals surface area contributed by atoms with Crippen LogP contribution in [0.4, 0.5) is 0 Å². The zero-order valence-corrected chi connectivity index (χ0v) is 16.1. The molecule has 9 heteroatoms. The van der Waals surface area contributed by atoms with E-state index >= 15 is 0 Å². The van der Waals surface area contributed by atoms with Crippen LogP contribution in [-0.4, -0.2) is 30.2 Å². The molecule has 1 heterocycles. The summed E-state index contributed by atoms with van der Waals surface area (Å²) in [4.78, 5) is 22.9. The van der Waals surface area contributed by atoms with Gasteiger partial charge < -0.3 is 9.79 Å². The largest absolute Gasteiger partial charge is 0.470 e. The molecule has 0 spiro atoms. The maximum atomic E-state index is 11.7. The quantitative estimate of drug-likeness (QED) is 0.706. The van der Waals surface area contributed by atoms with E-state index in [1.54, 1.807) is 12.1 Å². The zero-order chi connectivity index (χ0) is 18.7. The number of aryl methyl sites for hydroxylation is 1. The lowest BCUT2D eigenvalue weighted by atomic mass is 9.73. The van der Waals surface area contributed by atoms with Crippen LogP contribution in [0.3, 0.4) is 0 Å². The molecule has 1 atom stereocenters. The Bertz CT molecular complexity index is 725. The van der Waals surface area contributed by atoms with Crippen molar-refractivity contribution in [1.82, 2.24) is 14.8 Å².